The fraction of sp³-hybridized carbons (Fsp3) is 0.706. The fourth-order valence-electron chi connectivity index (χ4n) is 2.96. The summed E-state index contributed by atoms with van der Waals surface area (Å²) < 4.78 is 5.99. The van der Waals surface area contributed by atoms with Gasteiger partial charge < -0.3 is 15.0 Å². The van der Waals surface area contributed by atoms with Crippen LogP contribution < -0.4 is 10.2 Å². The summed E-state index contributed by atoms with van der Waals surface area (Å²) in [7, 11) is 0. The van der Waals surface area contributed by atoms with Crippen molar-refractivity contribution in [2.75, 3.05) is 24.5 Å². The van der Waals surface area contributed by atoms with Gasteiger partial charge in [-0.1, -0.05) is 19.9 Å². The van der Waals surface area contributed by atoms with Gasteiger partial charge in [0.05, 0.1) is 11.7 Å². The molecule has 4 heteroatoms. The monoisotopic (exact) mass is 291 g/mol. The predicted octanol–water partition coefficient (Wildman–Crippen LogP) is 2.83. The Morgan fingerprint density at radius 1 is 1.48 bits per heavy atom. The third kappa shape index (κ3) is 4.68. The number of nitrogens with zero attached hydrogens (tertiary/aromatic N) is 2. The Kier molecular flexibility index (Phi) is 5.22. The van der Waals surface area contributed by atoms with Gasteiger partial charge in [0.25, 0.3) is 0 Å². The van der Waals surface area contributed by atoms with Crippen molar-refractivity contribution >= 4 is 5.82 Å². The first kappa shape index (κ1) is 16.2. The molecule has 1 aromatic rings. The first-order chi connectivity index (χ1) is 9.87. The summed E-state index contributed by atoms with van der Waals surface area (Å²) in [5.41, 5.74) is 1.14. The van der Waals surface area contributed by atoms with Gasteiger partial charge in [0.2, 0.25) is 0 Å². The smallest absolute Gasteiger partial charge is 0.133 e. The third-order valence-electron chi connectivity index (χ3n) is 3.60. The Bertz CT molecular complexity index is 459. The molecule has 2 heterocycles. The molecule has 1 atom stereocenters. The largest absolute Gasteiger partial charge is 0.369 e. The fourth-order valence-corrected chi connectivity index (χ4v) is 2.96. The highest BCUT2D eigenvalue weighted by Gasteiger charge is 2.32. The van der Waals surface area contributed by atoms with Crippen molar-refractivity contribution in [3.05, 3.63) is 23.9 Å². The minimum absolute atomic E-state index is 0.127. The van der Waals surface area contributed by atoms with Gasteiger partial charge in [-0.05, 0) is 39.3 Å². The maximum Gasteiger partial charge on any atom is 0.133 e. The van der Waals surface area contributed by atoms with E-state index in [9.17, 15) is 0 Å². The van der Waals surface area contributed by atoms with Crippen molar-refractivity contribution in [3.63, 3.8) is 0 Å². The van der Waals surface area contributed by atoms with E-state index in [1.807, 2.05) is 12.3 Å². The minimum atomic E-state index is -0.127. The van der Waals surface area contributed by atoms with Crippen LogP contribution in [0.15, 0.2) is 18.3 Å². The molecule has 0 saturated carbocycles. The molecule has 1 N–H and O–H groups in total. The molecule has 1 fully saturated rings. The highest BCUT2D eigenvalue weighted by molar-refractivity contribution is 5.47. The van der Waals surface area contributed by atoms with Gasteiger partial charge in [-0.3, -0.25) is 0 Å². The second-order valence-corrected chi connectivity index (χ2v) is 7.08. The molecule has 118 valence electrons. The zero-order valence-corrected chi connectivity index (χ0v) is 14.0. The maximum absolute atomic E-state index is 5.99. The first-order valence-electron chi connectivity index (χ1n) is 7.95. The molecular formula is C17H29N3O. The topological polar surface area (TPSA) is 37.4 Å². The number of morpholine rings is 1. The Balaban J connectivity index is 2.11. The van der Waals surface area contributed by atoms with Gasteiger partial charge in [0, 0.05) is 31.4 Å². The number of hydrogen-bond acceptors (Lipinski definition) is 4. The molecule has 2 rings (SSSR count). The maximum atomic E-state index is 5.99. The molecule has 0 bridgehead atoms. The average Bonchev–Trinajstić information content (AvgIpc) is 2.36. The predicted molar refractivity (Wildman–Crippen MR) is 87.6 cm³/mol. The highest BCUT2D eigenvalue weighted by Crippen LogP contribution is 2.26. The van der Waals surface area contributed by atoms with Crippen LogP contribution in [0.25, 0.3) is 0 Å². The molecule has 1 aromatic heterocycles. The Hall–Kier alpha value is -1.13. The van der Waals surface area contributed by atoms with E-state index < -0.39 is 0 Å². The number of nitrogens with one attached hydrogen (secondary N) is 1. The van der Waals surface area contributed by atoms with Crippen molar-refractivity contribution < 1.29 is 4.74 Å². The second-order valence-electron chi connectivity index (χ2n) is 7.08. The van der Waals surface area contributed by atoms with Crippen molar-refractivity contribution in [3.8, 4) is 0 Å². The van der Waals surface area contributed by atoms with Gasteiger partial charge in [0.15, 0.2) is 0 Å². The first-order valence-corrected chi connectivity index (χ1v) is 7.95. The van der Waals surface area contributed by atoms with Crippen LogP contribution in [0, 0.1) is 5.92 Å². The van der Waals surface area contributed by atoms with Crippen molar-refractivity contribution in [2.24, 2.45) is 5.92 Å². The van der Waals surface area contributed by atoms with Crippen LogP contribution in [-0.2, 0) is 11.3 Å². The Labute approximate surface area is 128 Å². The van der Waals surface area contributed by atoms with E-state index in [0.717, 1.165) is 32.0 Å². The van der Waals surface area contributed by atoms with Crippen LogP contribution in [0.4, 0.5) is 5.82 Å². The van der Waals surface area contributed by atoms with Gasteiger partial charge >= 0.3 is 0 Å². The van der Waals surface area contributed by atoms with E-state index in [-0.39, 0.29) is 11.7 Å². The standard InChI is InChI=1S/C17H29N3O/c1-13(2)9-18-10-15-7-6-8-19-16(15)20-11-14(3)21-17(4,5)12-20/h6-8,13-14,18H,9-12H2,1-5H3. The third-order valence-corrected chi connectivity index (χ3v) is 3.60. The number of ether oxygens (including phenoxy) is 1. The SMILES string of the molecule is CC(C)CNCc1cccnc1N1CC(C)OC(C)(C)C1. The molecule has 21 heavy (non-hydrogen) atoms. The van der Waals surface area contributed by atoms with Gasteiger partial charge in [-0.15, -0.1) is 0 Å². The quantitative estimate of drug-likeness (QED) is 0.905. The zero-order chi connectivity index (χ0) is 15.5. The summed E-state index contributed by atoms with van der Waals surface area (Å²) in [6.45, 7) is 14.6. The lowest BCUT2D eigenvalue weighted by atomic mass is 10.0. The zero-order valence-electron chi connectivity index (χ0n) is 14.0. The summed E-state index contributed by atoms with van der Waals surface area (Å²) in [6, 6.07) is 4.19. The highest BCUT2D eigenvalue weighted by atomic mass is 16.5. The molecule has 1 saturated heterocycles. The number of aromatic nitrogens is 1. The summed E-state index contributed by atoms with van der Waals surface area (Å²) in [4.78, 5) is 6.99. The van der Waals surface area contributed by atoms with E-state index >= 15 is 0 Å². The van der Waals surface area contributed by atoms with Crippen molar-refractivity contribution in [1.82, 2.24) is 10.3 Å². The van der Waals surface area contributed by atoms with E-state index in [0.29, 0.717) is 5.92 Å². The average molecular weight is 291 g/mol. The lowest BCUT2D eigenvalue weighted by molar-refractivity contribution is -0.0752. The van der Waals surface area contributed by atoms with Crippen LogP contribution in [0.5, 0.6) is 0 Å². The Morgan fingerprint density at radius 2 is 2.24 bits per heavy atom. The van der Waals surface area contributed by atoms with Gasteiger partial charge in [0.1, 0.15) is 5.82 Å². The Morgan fingerprint density at radius 3 is 2.90 bits per heavy atom. The van der Waals surface area contributed by atoms with Crippen LogP contribution in [-0.4, -0.2) is 36.3 Å². The van der Waals surface area contributed by atoms with Gasteiger partial charge in [-0.25, -0.2) is 4.98 Å². The lowest BCUT2D eigenvalue weighted by Gasteiger charge is -2.42. The molecule has 1 aliphatic rings. The minimum Gasteiger partial charge on any atom is -0.369 e. The molecule has 1 unspecified atom stereocenters. The molecule has 0 aromatic carbocycles. The van der Waals surface area contributed by atoms with Crippen LogP contribution in [0.1, 0.15) is 40.2 Å². The number of anilines is 1. The molecule has 1 aliphatic heterocycles. The molecule has 0 radical (unpaired) electrons. The van der Waals surface area contributed by atoms with Crippen LogP contribution in [0.2, 0.25) is 0 Å². The van der Waals surface area contributed by atoms with Crippen LogP contribution >= 0.6 is 0 Å². The summed E-state index contributed by atoms with van der Waals surface area (Å²) in [5.74, 6) is 1.75. The number of pyridine rings is 1. The summed E-state index contributed by atoms with van der Waals surface area (Å²) in [5, 5.41) is 3.51. The molecular weight excluding hydrogens is 262 g/mol. The summed E-state index contributed by atoms with van der Waals surface area (Å²) in [6.07, 6.45) is 2.11. The summed E-state index contributed by atoms with van der Waals surface area (Å²) >= 11 is 0. The lowest BCUT2D eigenvalue weighted by Crippen LogP contribution is -2.52. The van der Waals surface area contributed by atoms with Crippen molar-refractivity contribution in [2.45, 2.75) is 52.9 Å². The van der Waals surface area contributed by atoms with E-state index in [2.05, 4.69) is 55.9 Å². The second kappa shape index (κ2) is 6.75. The van der Waals surface area contributed by atoms with E-state index in [1.165, 1.54) is 5.56 Å². The van der Waals surface area contributed by atoms with Crippen LogP contribution in [0.3, 0.4) is 0 Å². The molecule has 4 nitrogen and oxygen atoms in total. The molecule has 0 aliphatic carbocycles. The normalized spacial score (nSPS) is 21.8. The molecule has 0 amide bonds. The molecule has 0 spiro atoms. The van der Waals surface area contributed by atoms with Crippen molar-refractivity contribution in [1.29, 1.82) is 0 Å². The van der Waals surface area contributed by atoms with E-state index in [1.54, 1.807) is 0 Å². The van der Waals surface area contributed by atoms with E-state index in [4.69, 9.17) is 4.74 Å². The number of hydrogen-bond donors (Lipinski definition) is 1. The number of rotatable bonds is 5. The van der Waals surface area contributed by atoms with Gasteiger partial charge in [-0.2, -0.15) is 0 Å².